The van der Waals surface area contributed by atoms with Crippen molar-refractivity contribution in [1.29, 1.82) is 0 Å². The molecule has 1 rings (SSSR count). The third-order valence-corrected chi connectivity index (χ3v) is 2.57. The molecule has 0 saturated heterocycles. The first kappa shape index (κ1) is 14.1. The molecule has 0 aliphatic heterocycles. The normalized spacial score (nSPS) is 13.4. The van der Waals surface area contributed by atoms with Crippen LogP contribution >= 0.6 is 0 Å². The van der Waals surface area contributed by atoms with Crippen molar-refractivity contribution in [3.05, 3.63) is 35.4 Å². The number of likely N-dealkylation sites (N-methyl/N-ethyl adjacent to an activating group) is 1. The number of nitrogens with zero attached hydrogens (tertiary/aromatic N) is 1. The van der Waals surface area contributed by atoms with Crippen LogP contribution in [0.3, 0.4) is 0 Å². The molecular weight excluding hydrogens is 222 g/mol. The van der Waals surface area contributed by atoms with Gasteiger partial charge in [-0.05, 0) is 19.0 Å². The molecule has 96 valence electrons. The molecule has 0 bridgehead atoms. The van der Waals surface area contributed by atoms with Crippen LogP contribution < -0.4 is 5.73 Å². The number of hydrogen-bond donors (Lipinski definition) is 1. The number of nitrogens with two attached hydrogens (primary N) is 1. The van der Waals surface area contributed by atoms with Gasteiger partial charge in [0, 0.05) is 24.7 Å². The van der Waals surface area contributed by atoms with Crippen LogP contribution in [-0.2, 0) is 0 Å². The summed E-state index contributed by atoms with van der Waals surface area (Å²) >= 11 is 0. The van der Waals surface area contributed by atoms with Gasteiger partial charge in [0.05, 0.1) is 0 Å². The summed E-state index contributed by atoms with van der Waals surface area (Å²) in [5, 5.41) is 0. The second-order valence-electron chi connectivity index (χ2n) is 4.86. The molecule has 17 heavy (non-hydrogen) atoms. The van der Waals surface area contributed by atoms with E-state index in [1.54, 1.807) is 0 Å². The highest BCUT2D eigenvalue weighted by atomic mass is 19.2. The van der Waals surface area contributed by atoms with Crippen molar-refractivity contribution in [1.82, 2.24) is 4.90 Å². The van der Waals surface area contributed by atoms with E-state index in [-0.39, 0.29) is 5.56 Å². The molecule has 2 nitrogen and oxygen atoms in total. The zero-order chi connectivity index (χ0) is 13.0. The van der Waals surface area contributed by atoms with Crippen LogP contribution in [0.2, 0.25) is 0 Å². The summed E-state index contributed by atoms with van der Waals surface area (Å²) in [5.41, 5.74) is 6.13. The number of halogens is 2. The minimum atomic E-state index is -0.843. The molecule has 0 fully saturated rings. The van der Waals surface area contributed by atoms with Gasteiger partial charge in [-0.15, -0.1) is 0 Å². The molecule has 1 aromatic rings. The van der Waals surface area contributed by atoms with Crippen molar-refractivity contribution in [3.63, 3.8) is 0 Å². The van der Waals surface area contributed by atoms with Crippen LogP contribution in [0.25, 0.3) is 0 Å². The van der Waals surface area contributed by atoms with Crippen molar-refractivity contribution in [3.8, 4) is 0 Å². The molecule has 1 aromatic carbocycles. The van der Waals surface area contributed by atoms with Crippen LogP contribution in [0.5, 0.6) is 0 Å². The highest BCUT2D eigenvalue weighted by Gasteiger charge is 2.16. The monoisotopic (exact) mass is 242 g/mol. The van der Waals surface area contributed by atoms with Gasteiger partial charge in [0.25, 0.3) is 0 Å². The fourth-order valence-corrected chi connectivity index (χ4v) is 1.94. The third-order valence-electron chi connectivity index (χ3n) is 2.57. The van der Waals surface area contributed by atoms with Crippen molar-refractivity contribution < 1.29 is 8.78 Å². The summed E-state index contributed by atoms with van der Waals surface area (Å²) < 4.78 is 26.5. The maximum Gasteiger partial charge on any atom is 0.163 e. The van der Waals surface area contributed by atoms with Gasteiger partial charge in [-0.25, -0.2) is 8.78 Å². The molecule has 0 heterocycles. The fraction of sp³-hybridized carbons (Fsp3) is 0.538. The predicted octanol–water partition coefficient (Wildman–Crippen LogP) is 2.55. The Bertz CT molecular complexity index is 366. The standard InChI is InChI=1S/C13H20F2N2/c1-9(2)7-17(3)8-12(16)10-5-4-6-11(14)13(10)15/h4-6,9,12H,7-8,16H2,1-3H3. The summed E-state index contributed by atoms with van der Waals surface area (Å²) in [4.78, 5) is 2.03. The number of rotatable bonds is 5. The Balaban J connectivity index is 2.69. The summed E-state index contributed by atoms with van der Waals surface area (Å²) in [6.07, 6.45) is 0. The van der Waals surface area contributed by atoms with Crippen LogP contribution in [-0.4, -0.2) is 25.0 Å². The molecule has 4 heteroatoms. The molecule has 0 radical (unpaired) electrons. The second-order valence-corrected chi connectivity index (χ2v) is 4.86. The highest BCUT2D eigenvalue weighted by molar-refractivity contribution is 5.22. The lowest BCUT2D eigenvalue weighted by Crippen LogP contribution is -2.32. The van der Waals surface area contributed by atoms with E-state index in [4.69, 9.17) is 5.73 Å². The second kappa shape index (κ2) is 6.07. The topological polar surface area (TPSA) is 29.3 Å². The van der Waals surface area contributed by atoms with E-state index in [0.29, 0.717) is 12.5 Å². The van der Waals surface area contributed by atoms with Gasteiger partial charge >= 0.3 is 0 Å². The molecular formula is C13H20F2N2. The van der Waals surface area contributed by atoms with Gasteiger partial charge in [-0.3, -0.25) is 0 Å². The average molecular weight is 242 g/mol. The Kier molecular flexibility index (Phi) is 5.02. The average Bonchev–Trinajstić information content (AvgIpc) is 2.20. The molecule has 0 aliphatic carbocycles. The Hall–Kier alpha value is -1.00. The van der Waals surface area contributed by atoms with Crippen LogP contribution in [0.15, 0.2) is 18.2 Å². The van der Waals surface area contributed by atoms with E-state index in [1.165, 1.54) is 12.1 Å². The zero-order valence-electron chi connectivity index (χ0n) is 10.6. The van der Waals surface area contributed by atoms with Crippen LogP contribution in [0.1, 0.15) is 25.5 Å². The lowest BCUT2D eigenvalue weighted by molar-refractivity contribution is 0.276. The fourth-order valence-electron chi connectivity index (χ4n) is 1.94. The van der Waals surface area contributed by atoms with Gasteiger partial charge in [-0.2, -0.15) is 0 Å². The maximum atomic E-state index is 13.5. The molecule has 0 saturated carbocycles. The molecule has 1 unspecified atom stereocenters. The van der Waals surface area contributed by atoms with E-state index >= 15 is 0 Å². The van der Waals surface area contributed by atoms with Gasteiger partial charge in [-0.1, -0.05) is 26.0 Å². The first-order valence-electron chi connectivity index (χ1n) is 5.79. The van der Waals surface area contributed by atoms with Crippen LogP contribution in [0, 0.1) is 17.6 Å². The summed E-state index contributed by atoms with van der Waals surface area (Å²) in [7, 11) is 1.93. The first-order valence-corrected chi connectivity index (χ1v) is 5.79. The van der Waals surface area contributed by atoms with Gasteiger partial charge < -0.3 is 10.6 Å². The number of hydrogen-bond acceptors (Lipinski definition) is 2. The molecule has 0 aliphatic rings. The SMILES string of the molecule is CC(C)CN(C)CC(N)c1cccc(F)c1F. The minimum absolute atomic E-state index is 0.237. The van der Waals surface area contributed by atoms with Crippen molar-refractivity contribution in [2.45, 2.75) is 19.9 Å². The van der Waals surface area contributed by atoms with Crippen molar-refractivity contribution in [2.75, 3.05) is 20.1 Å². The number of benzene rings is 1. The Morgan fingerprint density at radius 3 is 2.47 bits per heavy atom. The lowest BCUT2D eigenvalue weighted by Gasteiger charge is -2.23. The van der Waals surface area contributed by atoms with E-state index in [2.05, 4.69) is 13.8 Å². The van der Waals surface area contributed by atoms with E-state index in [0.717, 1.165) is 12.6 Å². The van der Waals surface area contributed by atoms with Gasteiger partial charge in [0.1, 0.15) is 0 Å². The van der Waals surface area contributed by atoms with Gasteiger partial charge in [0.2, 0.25) is 0 Å². The Labute approximate surface area is 101 Å². The first-order chi connectivity index (χ1) is 7.91. The molecule has 2 N–H and O–H groups in total. The summed E-state index contributed by atoms with van der Waals surface area (Å²) in [6, 6.07) is 3.61. The Morgan fingerprint density at radius 1 is 1.24 bits per heavy atom. The minimum Gasteiger partial charge on any atom is -0.323 e. The van der Waals surface area contributed by atoms with Crippen molar-refractivity contribution in [2.24, 2.45) is 11.7 Å². The molecule has 0 aromatic heterocycles. The smallest absolute Gasteiger partial charge is 0.163 e. The molecule has 1 atom stereocenters. The quantitative estimate of drug-likeness (QED) is 0.859. The summed E-state index contributed by atoms with van der Waals surface area (Å²) in [6.45, 7) is 5.60. The predicted molar refractivity (Wildman–Crippen MR) is 65.6 cm³/mol. The van der Waals surface area contributed by atoms with E-state index in [9.17, 15) is 8.78 Å². The lowest BCUT2D eigenvalue weighted by atomic mass is 10.1. The Morgan fingerprint density at radius 2 is 1.88 bits per heavy atom. The summed E-state index contributed by atoms with van der Waals surface area (Å²) in [5.74, 6) is -1.16. The highest BCUT2D eigenvalue weighted by Crippen LogP contribution is 2.18. The largest absolute Gasteiger partial charge is 0.323 e. The van der Waals surface area contributed by atoms with E-state index in [1.807, 2.05) is 11.9 Å². The third kappa shape index (κ3) is 4.06. The molecule has 0 spiro atoms. The van der Waals surface area contributed by atoms with E-state index < -0.39 is 17.7 Å². The van der Waals surface area contributed by atoms with Crippen LogP contribution in [0.4, 0.5) is 8.78 Å². The molecule has 0 amide bonds. The zero-order valence-corrected chi connectivity index (χ0v) is 10.6. The van der Waals surface area contributed by atoms with Crippen molar-refractivity contribution >= 4 is 0 Å². The van der Waals surface area contributed by atoms with Gasteiger partial charge in [0.15, 0.2) is 11.6 Å². The maximum absolute atomic E-state index is 13.5.